The number of aryl methyl sites for hydroxylation is 1. The Kier molecular flexibility index (Phi) is 9.13. The quantitative estimate of drug-likeness (QED) is 0.421. The van der Waals surface area contributed by atoms with Gasteiger partial charge in [0.1, 0.15) is 17.7 Å². The maximum atomic E-state index is 12.8. The lowest BCUT2D eigenvalue weighted by Gasteiger charge is -2.41. The van der Waals surface area contributed by atoms with Gasteiger partial charge < -0.3 is 29.7 Å². The molecule has 41 heavy (non-hydrogen) atoms. The molecule has 2 aliphatic rings. The molecule has 220 valence electrons. The monoisotopic (exact) mass is 578 g/mol. The van der Waals surface area contributed by atoms with Crippen LogP contribution in [0.5, 0.6) is 5.75 Å². The molecule has 2 aromatic carbocycles. The first kappa shape index (κ1) is 29.8. The molecule has 2 fully saturated rings. The van der Waals surface area contributed by atoms with Crippen molar-refractivity contribution in [3.63, 3.8) is 0 Å². The van der Waals surface area contributed by atoms with E-state index in [1.54, 1.807) is 23.1 Å². The van der Waals surface area contributed by atoms with Crippen LogP contribution in [0.15, 0.2) is 42.5 Å². The number of aliphatic carboxylic acids is 1. The molecule has 0 radical (unpaired) electrons. The average Bonchev–Trinajstić information content (AvgIpc) is 3.45. The molecular weight excluding hydrogens is 549 g/mol. The number of fused-ring (bicyclic) bond motifs is 1. The van der Waals surface area contributed by atoms with Gasteiger partial charge in [0.25, 0.3) is 0 Å². The minimum atomic E-state index is -5.08. The van der Waals surface area contributed by atoms with Crippen LogP contribution >= 0.6 is 0 Å². The molecule has 3 heterocycles. The molecule has 2 aliphatic heterocycles. The van der Waals surface area contributed by atoms with E-state index in [1.807, 2.05) is 31.2 Å². The minimum absolute atomic E-state index is 0.108. The molecule has 0 spiro atoms. The van der Waals surface area contributed by atoms with Crippen molar-refractivity contribution in [3.8, 4) is 17.1 Å². The lowest BCUT2D eigenvalue weighted by molar-refractivity contribution is -0.192. The van der Waals surface area contributed by atoms with E-state index >= 15 is 0 Å². The standard InChI is InChI=1S/C25H28N4O5.C2HF3O2/c1-16-6-7-19-21(12-16)26-23(20-4-2-3-5-22(20)31)27-24(19)28-9-10-29(17(13-28)14-30)25(32)34-18-8-11-33-15-18;3-2(4,5)1(6)7/h2-7,12,17-18,30-31H,8-11,13-15H2,1H3;(H,6,7)/t17-,18-;/m1./s1. The van der Waals surface area contributed by atoms with Crippen LogP contribution in [0.4, 0.5) is 23.8 Å². The molecule has 3 aromatic rings. The summed E-state index contributed by atoms with van der Waals surface area (Å²) in [7, 11) is 0. The largest absolute Gasteiger partial charge is 0.507 e. The molecule has 1 aromatic heterocycles. The van der Waals surface area contributed by atoms with Crippen molar-refractivity contribution in [1.29, 1.82) is 0 Å². The second-order valence-electron chi connectivity index (χ2n) is 9.56. The maximum Gasteiger partial charge on any atom is 0.490 e. The number of phenols is 1. The first-order valence-electron chi connectivity index (χ1n) is 12.8. The van der Waals surface area contributed by atoms with Crippen molar-refractivity contribution in [2.24, 2.45) is 0 Å². The number of carbonyl (C=O) groups is 2. The second kappa shape index (κ2) is 12.6. The fourth-order valence-corrected chi connectivity index (χ4v) is 4.51. The Morgan fingerprint density at radius 3 is 2.51 bits per heavy atom. The van der Waals surface area contributed by atoms with Crippen molar-refractivity contribution in [2.45, 2.75) is 31.7 Å². The molecular formula is C27H29F3N4O7. The van der Waals surface area contributed by atoms with Crippen LogP contribution in [-0.2, 0) is 14.3 Å². The zero-order valence-electron chi connectivity index (χ0n) is 22.0. The number of halogens is 3. The van der Waals surface area contributed by atoms with E-state index in [0.717, 1.165) is 16.5 Å². The van der Waals surface area contributed by atoms with Crippen LogP contribution in [-0.4, -0.2) is 100 Å². The van der Waals surface area contributed by atoms with Crippen molar-refractivity contribution < 1.29 is 47.6 Å². The molecule has 14 heteroatoms. The molecule has 1 amide bonds. The van der Waals surface area contributed by atoms with E-state index in [9.17, 15) is 28.2 Å². The number of benzene rings is 2. The number of aliphatic hydroxyl groups is 1. The summed E-state index contributed by atoms with van der Waals surface area (Å²) < 4.78 is 42.6. The zero-order chi connectivity index (χ0) is 29.7. The smallest absolute Gasteiger partial charge is 0.490 e. The number of carboxylic acid groups (broad SMARTS) is 1. The number of aromatic nitrogens is 2. The van der Waals surface area contributed by atoms with Crippen molar-refractivity contribution in [1.82, 2.24) is 14.9 Å². The third-order valence-corrected chi connectivity index (χ3v) is 6.60. The molecule has 0 saturated carbocycles. The Hall–Kier alpha value is -4.17. The molecule has 2 saturated heterocycles. The number of hydrogen-bond donors (Lipinski definition) is 3. The number of carbonyl (C=O) groups excluding carboxylic acids is 1. The van der Waals surface area contributed by atoms with Crippen LogP contribution in [0.3, 0.4) is 0 Å². The number of para-hydroxylation sites is 1. The van der Waals surface area contributed by atoms with Crippen LogP contribution in [0.1, 0.15) is 12.0 Å². The molecule has 3 N–H and O–H groups in total. The van der Waals surface area contributed by atoms with Gasteiger partial charge in [-0.25, -0.2) is 19.6 Å². The number of aromatic hydroxyl groups is 1. The summed E-state index contributed by atoms with van der Waals surface area (Å²) in [5.74, 6) is -1.52. The average molecular weight is 579 g/mol. The third-order valence-electron chi connectivity index (χ3n) is 6.60. The molecule has 11 nitrogen and oxygen atoms in total. The number of aliphatic hydroxyl groups excluding tert-OH is 1. The highest BCUT2D eigenvalue weighted by molar-refractivity contribution is 5.92. The van der Waals surface area contributed by atoms with Crippen LogP contribution in [0.25, 0.3) is 22.3 Å². The third kappa shape index (κ3) is 7.13. The van der Waals surface area contributed by atoms with E-state index in [4.69, 9.17) is 29.3 Å². The fourth-order valence-electron chi connectivity index (χ4n) is 4.51. The Morgan fingerprint density at radius 2 is 1.88 bits per heavy atom. The van der Waals surface area contributed by atoms with Crippen LogP contribution < -0.4 is 4.90 Å². The number of amides is 1. The van der Waals surface area contributed by atoms with Crippen LogP contribution in [0.2, 0.25) is 0 Å². The minimum Gasteiger partial charge on any atom is -0.507 e. The number of piperazine rings is 1. The summed E-state index contributed by atoms with van der Waals surface area (Å²) in [5, 5.41) is 28.5. The van der Waals surface area contributed by atoms with E-state index in [2.05, 4.69) is 4.90 Å². The molecule has 2 atom stereocenters. The van der Waals surface area contributed by atoms with Gasteiger partial charge in [0, 0.05) is 31.4 Å². The van der Waals surface area contributed by atoms with Gasteiger partial charge in [-0.2, -0.15) is 13.2 Å². The zero-order valence-corrected chi connectivity index (χ0v) is 22.0. The van der Waals surface area contributed by atoms with E-state index in [-0.39, 0.29) is 18.5 Å². The highest BCUT2D eigenvalue weighted by Gasteiger charge is 2.38. The first-order chi connectivity index (χ1) is 19.5. The van der Waals surface area contributed by atoms with Gasteiger partial charge in [-0.05, 0) is 36.8 Å². The number of hydrogen-bond acceptors (Lipinski definition) is 9. The highest BCUT2D eigenvalue weighted by Crippen LogP contribution is 2.33. The molecule has 5 rings (SSSR count). The number of carboxylic acids is 1. The molecule has 0 bridgehead atoms. The first-order valence-corrected chi connectivity index (χ1v) is 12.8. The Labute approximate surface area is 232 Å². The summed E-state index contributed by atoms with van der Waals surface area (Å²) in [5.41, 5.74) is 2.39. The van der Waals surface area contributed by atoms with Gasteiger partial charge in [0.15, 0.2) is 5.82 Å². The van der Waals surface area contributed by atoms with Gasteiger partial charge >= 0.3 is 18.2 Å². The number of nitrogens with zero attached hydrogens (tertiary/aromatic N) is 4. The van der Waals surface area contributed by atoms with E-state index < -0.39 is 24.3 Å². The number of ether oxygens (including phenoxy) is 2. The lowest BCUT2D eigenvalue weighted by Crippen LogP contribution is -2.57. The van der Waals surface area contributed by atoms with Gasteiger partial charge in [0.05, 0.1) is 36.9 Å². The predicted octanol–water partition coefficient (Wildman–Crippen LogP) is 3.35. The number of alkyl halides is 3. The summed E-state index contributed by atoms with van der Waals surface area (Å²) in [6, 6.07) is 12.5. The Bertz CT molecular complexity index is 1400. The summed E-state index contributed by atoms with van der Waals surface area (Å²) in [4.78, 5) is 34.9. The van der Waals surface area contributed by atoms with Crippen molar-refractivity contribution in [2.75, 3.05) is 44.4 Å². The summed E-state index contributed by atoms with van der Waals surface area (Å²) in [6.07, 6.45) is -5.05. The predicted molar refractivity (Wildman–Crippen MR) is 141 cm³/mol. The van der Waals surface area contributed by atoms with Crippen molar-refractivity contribution >= 4 is 28.8 Å². The highest BCUT2D eigenvalue weighted by atomic mass is 19.4. The SMILES string of the molecule is Cc1ccc2c(N3CCN(C(=O)O[C@@H]4CCOC4)[C@@H](CO)C3)nc(-c3ccccc3O)nc2c1.O=C(O)C(F)(F)F. The fraction of sp³-hybridized carbons (Fsp3) is 0.407. The van der Waals surface area contributed by atoms with Crippen molar-refractivity contribution in [3.05, 3.63) is 48.0 Å². The topological polar surface area (TPSA) is 146 Å². The van der Waals surface area contributed by atoms with Crippen LogP contribution in [0, 0.1) is 6.92 Å². The van der Waals surface area contributed by atoms with E-state index in [1.165, 1.54) is 0 Å². The second-order valence-corrected chi connectivity index (χ2v) is 9.56. The van der Waals surface area contributed by atoms with E-state index in [0.29, 0.717) is 56.5 Å². The number of phenolic OH excluding ortho intramolecular Hbond substituents is 1. The van der Waals surface area contributed by atoms with Gasteiger partial charge in [0.2, 0.25) is 0 Å². The van der Waals surface area contributed by atoms with Gasteiger partial charge in [-0.3, -0.25) is 4.90 Å². The summed E-state index contributed by atoms with van der Waals surface area (Å²) in [6.45, 7) is 4.12. The molecule has 0 aliphatic carbocycles. The number of anilines is 1. The Balaban J connectivity index is 0.000000493. The maximum absolute atomic E-state index is 12.8. The molecule has 0 unspecified atom stereocenters. The van der Waals surface area contributed by atoms with Gasteiger partial charge in [-0.15, -0.1) is 0 Å². The normalized spacial score (nSPS) is 19.0. The lowest BCUT2D eigenvalue weighted by atomic mass is 10.1. The summed E-state index contributed by atoms with van der Waals surface area (Å²) >= 11 is 0. The van der Waals surface area contributed by atoms with Gasteiger partial charge in [-0.1, -0.05) is 18.2 Å². The number of rotatable bonds is 4. The Morgan fingerprint density at radius 1 is 1.15 bits per heavy atom.